The first-order valence-corrected chi connectivity index (χ1v) is 11.0. The summed E-state index contributed by atoms with van der Waals surface area (Å²) in [6, 6.07) is 7.17. The number of imide groups is 1. The van der Waals surface area contributed by atoms with Gasteiger partial charge in [0.1, 0.15) is 0 Å². The van der Waals surface area contributed by atoms with Crippen molar-refractivity contribution in [1.29, 1.82) is 0 Å². The second-order valence-corrected chi connectivity index (χ2v) is 8.24. The molecular weight excluding hydrogens is 456 g/mol. The molecule has 0 aromatic heterocycles. The molecule has 1 atom stereocenters. The van der Waals surface area contributed by atoms with Crippen LogP contribution in [-0.2, 0) is 32.0 Å². The van der Waals surface area contributed by atoms with Gasteiger partial charge in [-0.3, -0.25) is 14.5 Å². The Morgan fingerprint density at radius 2 is 1.40 bits per heavy atom. The maximum Gasteiger partial charge on any atom is 0.337 e. The molecule has 0 radical (unpaired) electrons. The van der Waals surface area contributed by atoms with Crippen molar-refractivity contribution in [1.82, 2.24) is 4.90 Å². The molecule has 0 spiro atoms. The minimum Gasteiger partial charge on any atom is -0.493 e. The largest absolute Gasteiger partial charge is 0.493 e. The maximum atomic E-state index is 13.4. The van der Waals surface area contributed by atoms with E-state index < -0.39 is 29.8 Å². The standard InChI is InChI=1S/C25H26N2O8/c1-32-20-10-14-5-6-26(13-17(14)11-21(20)33-2)19-12-22(28)27(23(19)29)18-8-15(24(30)34-3)7-16(9-18)25(31)35-4/h7-11,19H,5-6,12-13H2,1-4H3/t19-/m1/s1. The summed E-state index contributed by atoms with van der Waals surface area (Å²) in [6.07, 6.45) is 0.662. The van der Waals surface area contributed by atoms with Crippen molar-refractivity contribution in [3.8, 4) is 11.5 Å². The van der Waals surface area contributed by atoms with Crippen LogP contribution in [0.5, 0.6) is 11.5 Å². The summed E-state index contributed by atoms with van der Waals surface area (Å²) >= 11 is 0. The highest BCUT2D eigenvalue weighted by atomic mass is 16.5. The molecule has 0 aliphatic carbocycles. The summed E-state index contributed by atoms with van der Waals surface area (Å²) < 4.78 is 20.3. The fraction of sp³-hybridized carbons (Fsp3) is 0.360. The lowest BCUT2D eigenvalue weighted by Crippen LogP contribution is -2.44. The van der Waals surface area contributed by atoms with Crippen LogP contribution in [0.25, 0.3) is 0 Å². The first-order chi connectivity index (χ1) is 16.8. The number of carbonyl (C=O) groups excluding carboxylic acids is 4. The molecule has 4 rings (SSSR count). The van der Waals surface area contributed by atoms with Crippen molar-refractivity contribution >= 4 is 29.4 Å². The van der Waals surface area contributed by atoms with Gasteiger partial charge in [-0.25, -0.2) is 14.5 Å². The summed E-state index contributed by atoms with van der Waals surface area (Å²) in [4.78, 5) is 53.7. The molecule has 10 nitrogen and oxygen atoms in total. The van der Waals surface area contributed by atoms with E-state index in [9.17, 15) is 19.2 Å². The number of anilines is 1. The van der Waals surface area contributed by atoms with Crippen LogP contribution >= 0.6 is 0 Å². The van der Waals surface area contributed by atoms with Crippen LogP contribution in [0, 0.1) is 0 Å². The number of hydrogen-bond acceptors (Lipinski definition) is 9. The normalized spacial score (nSPS) is 17.7. The van der Waals surface area contributed by atoms with E-state index in [0.717, 1.165) is 16.0 Å². The van der Waals surface area contributed by atoms with E-state index in [4.69, 9.17) is 18.9 Å². The van der Waals surface area contributed by atoms with Gasteiger partial charge in [-0.2, -0.15) is 0 Å². The molecule has 0 bridgehead atoms. The highest BCUT2D eigenvalue weighted by Crippen LogP contribution is 2.35. The Hall–Kier alpha value is -3.92. The molecule has 1 saturated heterocycles. The molecule has 2 aliphatic heterocycles. The van der Waals surface area contributed by atoms with Crippen LogP contribution in [0.15, 0.2) is 30.3 Å². The summed E-state index contributed by atoms with van der Waals surface area (Å²) in [5.74, 6) is -1.01. The van der Waals surface area contributed by atoms with E-state index in [1.165, 1.54) is 32.4 Å². The number of esters is 2. The molecule has 10 heteroatoms. The maximum absolute atomic E-state index is 13.4. The van der Waals surface area contributed by atoms with Crippen LogP contribution in [0.3, 0.4) is 0 Å². The van der Waals surface area contributed by atoms with Crippen molar-refractivity contribution in [2.45, 2.75) is 25.4 Å². The molecule has 2 heterocycles. The quantitative estimate of drug-likeness (QED) is 0.451. The predicted molar refractivity (Wildman–Crippen MR) is 124 cm³/mol. The molecule has 35 heavy (non-hydrogen) atoms. The minimum atomic E-state index is -0.704. The van der Waals surface area contributed by atoms with Crippen LogP contribution in [-0.4, -0.2) is 69.7 Å². The number of methoxy groups -OCH3 is 4. The van der Waals surface area contributed by atoms with E-state index in [0.29, 0.717) is 31.0 Å². The zero-order valence-electron chi connectivity index (χ0n) is 20.0. The molecule has 0 unspecified atom stereocenters. The van der Waals surface area contributed by atoms with Gasteiger partial charge in [0.25, 0.3) is 5.91 Å². The van der Waals surface area contributed by atoms with Gasteiger partial charge in [-0.1, -0.05) is 0 Å². The second kappa shape index (κ2) is 9.75. The Morgan fingerprint density at radius 1 is 0.829 bits per heavy atom. The SMILES string of the molecule is COC(=O)c1cc(C(=O)OC)cc(N2C(=O)C[C@@H](N3CCc4cc(OC)c(OC)cc4C3)C2=O)c1. The van der Waals surface area contributed by atoms with Gasteiger partial charge >= 0.3 is 11.9 Å². The number of benzene rings is 2. The van der Waals surface area contributed by atoms with E-state index in [1.807, 2.05) is 17.0 Å². The molecule has 2 amide bonds. The highest BCUT2D eigenvalue weighted by Gasteiger charge is 2.44. The highest BCUT2D eigenvalue weighted by molar-refractivity contribution is 6.23. The van der Waals surface area contributed by atoms with E-state index in [1.54, 1.807) is 14.2 Å². The van der Waals surface area contributed by atoms with Crippen molar-refractivity contribution in [2.75, 3.05) is 39.9 Å². The van der Waals surface area contributed by atoms with Gasteiger partial charge in [0.05, 0.1) is 57.7 Å². The molecule has 2 aromatic rings. The van der Waals surface area contributed by atoms with Crippen molar-refractivity contribution < 1.29 is 38.1 Å². The Balaban J connectivity index is 1.63. The van der Waals surface area contributed by atoms with Gasteiger partial charge in [-0.15, -0.1) is 0 Å². The van der Waals surface area contributed by atoms with Crippen molar-refractivity contribution in [2.24, 2.45) is 0 Å². The zero-order valence-corrected chi connectivity index (χ0v) is 20.0. The fourth-order valence-corrected chi connectivity index (χ4v) is 4.56. The van der Waals surface area contributed by atoms with Gasteiger partial charge in [0.15, 0.2) is 11.5 Å². The summed E-state index contributed by atoms with van der Waals surface area (Å²) in [6.45, 7) is 1.04. The van der Waals surface area contributed by atoms with Gasteiger partial charge in [0, 0.05) is 13.1 Å². The van der Waals surface area contributed by atoms with Crippen LogP contribution in [0.4, 0.5) is 5.69 Å². The lowest BCUT2D eigenvalue weighted by atomic mass is 9.97. The average Bonchev–Trinajstić information content (AvgIpc) is 3.19. The molecule has 2 aromatic carbocycles. The van der Waals surface area contributed by atoms with E-state index in [2.05, 4.69) is 0 Å². The number of nitrogens with zero attached hydrogens (tertiary/aromatic N) is 2. The lowest BCUT2D eigenvalue weighted by Gasteiger charge is -2.32. The second-order valence-electron chi connectivity index (χ2n) is 8.24. The van der Waals surface area contributed by atoms with Crippen LogP contribution in [0.2, 0.25) is 0 Å². The third-order valence-electron chi connectivity index (χ3n) is 6.33. The summed E-state index contributed by atoms with van der Waals surface area (Å²) in [5, 5.41) is 0. The molecule has 0 N–H and O–H groups in total. The first-order valence-electron chi connectivity index (χ1n) is 11.0. The third-order valence-corrected chi connectivity index (χ3v) is 6.33. The first kappa shape index (κ1) is 24.2. The topological polar surface area (TPSA) is 112 Å². The molecule has 0 saturated carbocycles. The zero-order chi connectivity index (χ0) is 25.3. The van der Waals surface area contributed by atoms with E-state index in [-0.39, 0.29) is 23.2 Å². The van der Waals surface area contributed by atoms with Crippen LogP contribution in [0.1, 0.15) is 38.3 Å². The smallest absolute Gasteiger partial charge is 0.337 e. The molecular formula is C25H26N2O8. The fourth-order valence-electron chi connectivity index (χ4n) is 4.56. The number of ether oxygens (including phenoxy) is 4. The average molecular weight is 482 g/mol. The van der Waals surface area contributed by atoms with Crippen LogP contribution < -0.4 is 14.4 Å². The minimum absolute atomic E-state index is 0.0164. The Bertz CT molecular complexity index is 1170. The third kappa shape index (κ3) is 4.44. The van der Waals surface area contributed by atoms with Crippen molar-refractivity contribution in [3.63, 3.8) is 0 Å². The Kier molecular flexibility index (Phi) is 6.74. The molecule has 2 aliphatic rings. The van der Waals surface area contributed by atoms with E-state index >= 15 is 0 Å². The van der Waals surface area contributed by atoms with Gasteiger partial charge in [-0.05, 0) is 47.9 Å². The number of rotatable bonds is 6. The molecule has 1 fully saturated rings. The molecule has 184 valence electrons. The number of fused-ring (bicyclic) bond motifs is 1. The number of hydrogen-bond donors (Lipinski definition) is 0. The lowest BCUT2D eigenvalue weighted by molar-refractivity contribution is -0.123. The summed E-state index contributed by atoms with van der Waals surface area (Å²) in [5.41, 5.74) is 2.27. The monoisotopic (exact) mass is 482 g/mol. The number of carbonyl (C=O) groups is 4. The Morgan fingerprint density at radius 3 is 1.94 bits per heavy atom. The number of amides is 2. The Labute approximate surface area is 202 Å². The van der Waals surface area contributed by atoms with Gasteiger partial charge in [0.2, 0.25) is 5.91 Å². The predicted octanol–water partition coefficient (Wildman–Crippen LogP) is 1.97. The van der Waals surface area contributed by atoms with Crippen molar-refractivity contribution in [3.05, 3.63) is 52.6 Å². The summed E-state index contributed by atoms with van der Waals surface area (Å²) in [7, 11) is 5.55. The van der Waals surface area contributed by atoms with Gasteiger partial charge < -0.3 is 18.9 Å².